The van der Waals surface area contributed by atoms with Crippen LogP contribution in [0, 0.1) is 10.8 Å². The average molecular weight is 410 g/mol. The molecule has 1 saturated carbocycles. The first-order chi connectivity index (χ1) is 14.0. The highest BCUT2D eigenvalue weighted by Crippen LogP contribution is 2.41. The maximum atomic E-state index is 8.80. The van der Waals surface area contributed by atoms with Crippen LogP contribution in [0.1, 0.15) is 46.0 Å². The molecule has 2 aliphatic rings. The van der Waals surface area contributed by atoms with E-state index in [-0.39, 0.29) is 6.04 Å². The summed E-state index contributed by atoms with van der Waals surface area (Å²) in [4.78, 5) is 13.6. The first-order valence-corrected chi connectivity index (χ1v) is 10.6. The van der Waals surface area contributed by atoms with E-state index in [1.807, 2.05) is 24.3 Å². The molecule has 1 aromatic carbocycles. The molecule has 0 amide bonds. The lowest BCUT2D eigenvalue weighted by Gasteiger charge is -2.46. The average Bonchev–Trinajstić information content (AvgIpc) is 3.26. The van der Waals surface area contributed by atoms with Crippen LogP contribution in [0.4, 0.5) is 17.2 Å². The van der Waals surface area contributed by atoms with Crippen molar-refractivity contribution in [3.8, 4) is 11.4 Å². The Morgan fingerprint density at radius 1 is 1.31 bits per heavy atom. The Bertz CT molecular complexity index is 938. The molecule has 2 heterocycles. The number of anilines is 3. The van der Waals surface area contributed by atoms with E-state index in [0.29, 0.717) is 23.5 Å². The minimum Gasteiger partial charge on any atom is -0.342 e. The van der Waals surface area contributed by atoms with Gasteiger partial charge in [-0.05, 0) is 38.3 Å². The third-order valence-electron chi connectivity index (χ3n) is 5.82. The van der Waals surface area contributed by atoms with Crippen molar-refractivity contribution in [1.29, 1.82) is 10.8 Å². The summed E-state index contributed by atoms with van der Waals surface area (Å²) in [7, 11) is 0. The molecule has 1 fully saturated rings. The highest BCUT2D eigenvalue weighted by molar-refractivity contribution is 7.81. The molecule has 4 rings (SSSR count). The van der Waals surface area contributed by atoms with Crippen molar-refractivity contribution < 1.29 is 0 Å². The second kappa shape index (κ2) is 8.02. The molecule has 2 aromatic rings. The molecule has 29 heavy (non-hydrogen) atoms. The van der Waals surface area contributed by atoms with E-state index in [1.54, 1.807) is 18.0 Å². The van der Waals surface area contributed by atoms with Crippen LogP contribution < -0.4 is 14.5 Å². The Morgan fingerprint density at radius 2 is 2.07 bits per heavy atom. The van der Waals surface area contributed by atoms with E-state index < -0.39 is 0 Å². The molecule has 1 aliphatic carbocycles. The van der Waals surface area contributed by atoms with Crippen molar-refractivity contribution in [1.82, 2.24) is 9.97 Å². The number of nitrogens with one attached hydrogen (secondary N) is 3. The molecular weight excluding hydrogens is 382 g/mol. The van der Waals surface area contributed by atoms with Gasteiger partial charge in [-0.15, -0.1) is 0 Å². The van der Waals surface area contributed by atoms with Crippen LogP contribution in [0.25, 0.3) is 11.4 Å². The van der Waals surface area contributed by atoms with Crippen LogP contribution in [0.15, 0.2) is 30.5 Å². The monoisotopic (exact) mass is 409 g/mol. The van der Waals surface area contributed by atoms with Gasteiger partial charge >= 0.3 is 0 Å². The van der Waals surface area contributed by atoms with Gasteiger partial charge in [0.25, 0.3) is 0 Å². The highest BCUT2D eigenvalue weighted by Gasteiger charge is 2.41. The molecule has 152 valence electrons. The Labute approximate surface area is 177 Å². The van der Waals surface area contributed by atoms with Gasteiger partial charge in [0.1, 0.15) is 17.4 Å². The van der Waals surface area contributed by atoms with Gasteiger partial charge < -0.3 is 9.62 Å². The predicted octanol–water partition coefficient (Wildman–Crippen LogP) is 4.72. The van der Waals surface area contributed by atoms with Gasteiger partial charge in [-0.2, -0.15) is 0 Å². The van der Waals surface area contributed by atoms with Crippen LogP contribution in [0.2, 0.25) is 0 Å². The van der Waals surface area contributed by atoms with E-state index in [2.05, 4.69) is 34.3 Å². The van der Waals surface area contributed by atoms with Crippen molar-refractivity contribution in [2.75, 3.05) is 14.5 Å². The van der Waals surface area contributed by atoms with Crippen LogP contribution in [-0.4, -0.2) is 33.7 Å². The molecular formula is C21H27N7S. The van der Waals surface area contributed by atoms with Crippen molar-refractivity contribution in [2.45, 2.75) is 58.0 Å². The molecule has 8 heteroatoms. The van der Waals surface area contributed by atoms with Crippen LogP contribution in [-0.2, 0) is 0 Å². The minimum absolute atomic E-state index is 0.0842. The number of amidine groups is 2. The number of hydrogen-bond acceptors (Lipinski definition) is 7. The minimum atomic E-state index is -0.0842. The highest BCUT2D eigenvalue weighted by atomic mass is 32.1. The number of aromatic nitrogens is 2. The van der Waals surface area contributed by atoms with E-state index in [1.165, 1.54) is 12.8 Å². The topological polar surface area (TPSA) is 92.0 Å². The zero-order valence-electron chi connectivity index (χ0n) is 16.8. The summed E-state index contributed by atoms with van der Waals surface area (Å²) in [5.74, 6) is 2.24. The van der Waals surface area contributed by atoms with Crippen LogP contribution >= 0.6 is 12.8 Å². The Balaban J connectivity index is 1.87. The summed E-state index contributed by atoms with van der Waals surface area (Å²) in [6.45, 7) is 3.82. The third kappa shape index (κ3) is 3.46. The molecule has 1 atom stereocenters. The quantitative estimate of drug-likeness (QED) is 0.333. The maximum Gasteiger partial charge on any atom is 0.161 e. The molecule has 0 spiro atoms. The Morgan fingerprint density at radius 3 is 2.72 bits per heavy atom. The zero-order chi connectivity index (χ0) is 20.5. The van der Waals surface area contributed by atoms with Crippen molar-refractivity contribution in [3.63, 3.8) is 0 Å². The summed E-state index contributed by atoms with van der Waals surface area (Å²) >= 11 is 4.14. The second-order valence-electron chi connectivity index (χ2n) is 7.67. The number of rotatable bonds is 4. The molecule has 3 N–H and O–H groups in total. The number of benzene rings is 1. The van der Waals surface area contributed by atoms with E-state index in [4.69, 9.17) is 15.8 Å². The van der Waals surface area contributed by atoms with Crippen molar-refractivity contribution in [2.24, 2.45) is 0 Å². The van der Waals surface area contributed by atoms with Crippen molar-refractivity contribution in [3.05, 3.63) is 30.5 Å². The fourth-order valence-electron chi connectivity index (χ4n) is 4.50. The maximum absolute atomic E-state index is 8.80. The predicted molar refractivity (Wildman–Crippen MR) is 122 cm³/mol. The second-order valence-corrected chi connectivity index (χ2v) is 7.89. The van der Waals surface area contributed by atoms with Crippen molar-refractivity contribution >= 4 is 41.7 Å². The lowest BCUT2D eigenvalue weighted by Crippen LogP contribution is -2.57. The fraction of sp³-hybridized carbons (Fsp3) is 0.429. The summed E-state index contributed by atoms with van der Waals surface area (Å²) in [6, 6.07) is 8.13. The molecule has 7 nitrogen and oxygen atoms in total. The molecule has 0 radical (unpaired) electrons. The van der Waals surface area contributed by atoms with Gasteiger partial charge in [0.05, 0.1) is 12.2 Å². The number of thiol groups is 1. The lowest BCUT2D eigenvalue weighted by molar-refractivity contribution is 0.548. The van der Waals surface area contributed by atoms with Gasteiger partial charge in [0.2, 0.25) is 0 Å². The molecule has 0 unspecified atom stereocenters. The van der Waals surface area contributed by atoms with Gasteiger partial charge in [0, 0.05) is 17.3 Å². The summed E-state index contributed by atoms with van der Waals surface area (Å²) in [5, 5.41) is 17.1. The van der Waals surface area contributed by atoms with Crippen LogP contribution in [0.3, 0.4) is 0 Å². The van der Waals surface area contributed by atoms with Gasteiger partial charge in [-0.25, -0.2) is 9.97 Å². The fourth-order valence-corrected chi connectivity index (χ4v) is 4.64. The third-order valence-corrected chi connectivity index (χ3v) is 6.08. The smallest absolute Gasteiger partial charge is 0.161 e. The number of nitrogens with zero attached hydrogens (tertiary/aromatic N) is 4. The summed E-state index contributed by atoms with van der Waals surface area (Å²) in [6.07, 6.45) is 7.22. The number of hydrogen-bond donors (Lipinski definition) is 4. The largest absolute Gasteiger partial charge is 0.342 e. The molecule has 1 aliphatic heterocycles. The van der Waals surface area contributed by atoms with Gasteiger partial charge in [0.15, 0.2) is 11.6 Å². The van der Waals surface area contributed by atoms with E-state index >= 15 is 0 Å². The summed E-state index contributed by atoms with van der Waals surface area (Å²) < 4.78 is 2.86. The number of fused-ring (bicyclic) bond motifs is 1. The van der Waals surface area contributed by atoms with Crippen LogP contribution in [0.5, 0.6) is 0 Å². The van der Waals surface area contributed by atoms with E-state index in [9.17, 15) is 0 Å². The molecule has 0 bridgehead atoms. The normalized spacial score (nSPS) is 19.4. The standard InChI is InChI=1S/C21H27N7S/c1-3-17-19(23)27(13(2)22)18-12-24-20(14-7-6-8-15(11-14)26-29)25-21(18)28(17)16-9-4-5-10-16/h6-8,11-12,16-17,22-23,26,29H,3-5,9-10H2,1-2H3/t17-/m1/s1. The molecule has 0 saturated heterocycles. The van der Waals surface area contributed by atoms with Gasteiger partial charge in [-0.3, -0.25) is 15.7 Å². The van der Waals surface area contributed by atoms with Gasteiger partial charge in [-0.1, -0.05) is 44.7 Å². The SMILES string of the molecule is CC[C@@H]1C(=N)N(C(C)=N)c2cnc(-c3cccc(NS)c3)nc2N1C1CCCC1. The Hall–Kier alpha value is -2.61. The zero-order valence-corrected chi connectivity index (χ0v) is 17.7. The molecule has 1 aromatic heterocycles. The van der Waals surface area contributed by atoms with E-state index in [0.717, 1.165) is 42.0 Å². The Kier molecular flexibility index (Phi) is 5.45. The first kappa shape index (κ1) is 19.7. The lowest BCUT2D eigenvalue weighted by atomic mass is 10.0. The first-order valence-electron chi connectivity index (χ1n) is 10.1. The summed E-state index contributed by atoms with van der Waals surface area (Å²) in [5.41, 5.74) is 2.52.